The van der Waals surface area contributed by atoms with E-state index in [4.69, 9.17) is 14.2 Å². The van der Waals surface area contributed by atoms with E-state index in [0.29, 0.717) is 19.3 Å². The van der Waals surface area contributed by atoms with Gasteiger partial charge in [0.25, 0.3) is 0 Å². The molecule has 0 aliphatic heterocycles. The smallest absolute Gasteiger partial charge is 0.306 e. The topological polar surface area (TPSA) is 78.9 Å². The maximum atomic E-state index is 12.8. The van der Waals surface area contributed by atoms with Crippen LogP contribution < -0.4 is 0 Å². The molecule has 0 fully saturated rings. The summed E-state index contributed by atoms with van der Waals surface area (Å²) in [5, 5.41) is 0. The molecule has 0 N–H and O–H groups in total. The molecule has 6 heteroatoms. The lowest BCUT2D eigenvalue weighted by Gasteiger charge is -2.18. The van der Waals surface area contributed by atoms with Gasteiger partial charge in [0, 0.05) is 19.3 Å². The molecule has 0 saturated carbocycles. The van der Waals surface area contributed by atoms with E-state index >= 15 is 0 Å². The molecular weight excluding hydrogens is 817 g/mol. The lowest BCUT2D eigenvalue weighted by Crippen LogP contribution is -2.30. The van der Waals surface area contributed by atoms with Crippen LogP contribution in [0, 0.1) is 0 Å². The third kappa shape index (κ3) is 50.0. The Balaban J connectivity index is 4.59. The zero-order valence-electron chi connectivity index (χ0n) is 41.6. The highest BCUT2D eigenvalue weighted by Crippen LogP contribution is 2.13. The molecule has 0 aromatic rings. The molecule has 0 spiro atoms. The Bertz CT molecular complexity index is 1560. The van der Waals surface area contributed by atoms with Crippen molar-refractivity contribution in [1.82, 2.24) is 0 Å². The van der Waals surface area contributed by atoms with Gasteiger partial charge in [-0.05, 0) is 96.3 Å². The Kier molecular flexibility index (Phi) is 48.7. The number of carbonyl (C=O) groups excluding carboxylic acids is 3. The van der Waals surface area contributed by atoms with Gasteiger partial charge in [-0.2, -0.15) is 0 Å². The highest BCUT2D eigenvalue weighted by Gasteiger charge is 2.19. The number of hydrogen-bond donors (Lipinski definition) is 0. The van der Waals surface area contributed by atoms with Gasteiger partial charge in [0.15, 0.2) is 6.10 Å². The first kappa shape index (κ1) is 61.0. The fourth-order valence-corrected chi connectivity index (χ4v) is 6.18. The third-order valence-corrected chi connectivity index (χ3v) is 9.90. The molecule has 0 aromatic carbocycles. The number of carbonyl (C=O) groups is 3. The quantitative estimate of drug-likeness (QED) is 0.0199. The monoisotopic (exact) mass is 907 g/mol. The normalized spacial score (nSPS) is 13.4. The molecule has 1 unspecified atom stereocenters. The molecule has 0 rings (SSSR count). The summed E-state index contributed by atoms with van der Waals surface area (Å²) in [5.74, 6) is -1.12. The van der Waals surface area contributed by atoms with Crippen molar-refractivity contribution in [2.24, 2.45) is 0 Å². The first-order chi connectivity index (χ1) is 32.5. The maximum Gasteiger partial charge on any atom is 0.306 e. The van der Waals surface area contributed by atoms with Gasteiger partial charge in [-0.1, -0.05) is 224 Å². The zero-order chi connectivity index (χ0) is 47.9. The van der Waals surface area contributed by atoms with Crippen molar-refractivity contribution in [2.75, 3.05) is 13.2 Å². The second kappa shape index (κ2) is 52.7. The van der Waals surface area contributed by atoms with Crippen LogP contribution in [-0.4, -0.2) is 37.2 Å². The summed E-state index contributed by atoms with van der Waals surface area (Å²) >= 11 is 0. The highest BCUT2D eigenvalue weighted by atomic mass is 16.6. The second-order valence-electron chi connectivity index (χ2n) is 16.1. The number of rotatable bonds is 43. The highest BCUT2D eigenvalue weighted by molar-refractivity contribution is 5.71. The number of unbranched alkanes of at least 4 members (excludes halogenated alkanes) is 10. The van der Waals surface area contributed by atoms with Gasteiger partial charge in [-0.3, -0.25) is 14.4 Å². The minimum absolute atomic E-state index is 0.141. The second-order valence-corrected chi connectivity index (χ2v) is 16.1. The van der Waals surface area contributed by atoms with Crippen LogP contribution in [-0.2, 0) is 28.6 Å². The van der Waals surface area contributed by atoms with Gasteiger partial charge in [0.1, 0.15) is 13.2 Å². The Morgan fingerprint density at radius 3 is 1.14 bits per heavy atom. The van der Waals surface area contributed by atoms with E-state index in [0.717, 1.165) is 89.9 Å². The standard InChI is InChI=1S/C60H90O6/c1-4-7-10-13-16-19-22-25-27-29-30-31-33-35-38-41-44-47-50-53-59(62)65-56-57(55-64-58(61)52-49-46-43-40-37-34-24-21-18-15-12-9-6-3)66-60(63)54-51-48-45-42-39-36-32-28-26-23-20-17-14-11-8-5-2/h7-12,15-21,24-28,34,36-37,39-40,43,45,48,57H,4-6,13-14,22-23,29-33,35,38,41-42,44,46-47,49-56H2,1-3H3/b10-7-,11-8-,12-9-,18-15-,19-16-,20-17-,24-21-,27-25-,28-26-,37-34-,39-36-,43-40-,48-45-. The average molecular weight is 907 g/mol. The molecule has 0 amide bonds. The Morgan fingerprint density at radius 1 is 0.318 bits per heavy atom. The first-order valence-electron chi connectivity index (χ1n) is 25.6. The van der Waals surface area contributed by atoms with Crippen molar-refractivity contribution in [2.45, 2.75) is 187 Å². The van der Waals surface area contributed by atoms with Gasteiger partial charge in [0.05, 0.1) is 0 Å². The van der Waals surface area contributed by atoms with Crippen LogP contribution in [0.15, 0.2) is 158 Å². The van der Waals surface area contributed by atoms with Crippen LogP contribution in [0.1, 0.15) is 181 Å². The lowest BCUT2D eigenvalue weighted by atomic mass is 10.1. The van der Waals surface area contributed by atoms with Crippen LogP contribution in [0.25, 0.3) is 0 Å². The molecule has 1 atom stereocenters. The molecule has 0 bridgehead atoms. The fraction of sp³-hybridized carbons (Fsp3) is 0.517. The first-order valence-corrected chi connectivity index (χ1v) is 25.6. The average Bonchev–Trinajstić information content (AvgIpc) is 3.31. The SMILES string of the molecule is CC\C=C/C=C\C=C/C=C\C=C/CCCC(=O)OCC(COC(=O)CCCCCCCCCCC/C=C\C/C=C\C/C=C\CC)OC(=O)CC/C=C\C/C=C\C/C=C\C/C=C\C/C=C\CC. The molecule has 0 saturated heterocycles. The van der Waals surface area contributed by atoms with Crippen LogP contribution in [0.2, 0.25) is 0 Å². The van der Waals surface area contributed by atoms with E-state index in [1.165, 1.54) is 38.5 Å². The summed E-state index contributed by atoms with van der Waals surface area (Å²) in [6.45, 7) is 6.11. The van der Waals surface area contributed by atoms with Crippen molar-refractivity contribution >= 4 is 17.9 Å². The number of ether oxygens (including phenoxy) is 3. The summed E-state index contributed by atoms with van der Waals surface area (Å²) in [5.41, 5.74) is 0. The summed E-state index contributed by atoms with van der Waals surface area (Å²) in [4.78, 5) is 37.9. The predicted octanol–water partition coefficient (Wildman–Crippen LogP) is 17.0. The fourth-order valence-electron chi connectivity index (χ4n) is 6.18. The molecule has 6 nitrogen and oxygen atoms in total. The van der Waals surface area contributed by atoms with Crippen LogP contribution in [0.4, 0.5) is 0 Å². The van der Waals surface area contributed by atoms with E-state index in [1.54, 1.807) is 0 Å². The van der Waals surface area contributed by atoms with Crippen molar-refractivity contribution < 1.29 is 28.6 Å². The summed E-state index contributed by atoms with van der Waals surface area (Å²) in [6.07, 6.45) is 76.8. The summed E-state index contributed by atoms with van der Waals surface area (Å²) < 4.78 is 16.6. The molecule has 0 heterocycles. The summed E-state index contributed by atoms with van der Waals surface area (Å²) in [7, 11) is 0. The maximum absolute atomic E-state index is 12.8. The lowest BCUT2D eigenvalue weighted by molar-refractivity contribution is -0.166. The largest absolute Gasteiger partial charge is 0.462 e. The van der Waals surface area contributed by atoms with Crippen LogP contribution in [0.5, 0.6) is 0 Å². The molecule has 0 aromatic heterocycles. The van der Waals surface area contributed by atoms with Gasteiger partial charge < -0.3 is 14.2 Å². The van der Waals surface area contributed by atoms with Gasteiger partial charge in [-0.25, -0.2) is 0 Å². The Labute approximate surface area is 403 Å². The van der Waals surface area contributed by atoms with Crippen molar-refractivity contribution in [3.05, 3.63) is 158 Å². The van der Waals surface area contributed by atoms with Gasteiger partial charge in [-0.15, -0.1) is 0 Å². The van der Waals surface area contributed by atoms with Crippen molar-refractivity contribution in [1.29, 1.82) is 0 Å². The van der Waals surface area contributed by atoms with Crippen LogP contribution >= 0.6 is 0 Å². The Morgan fingerprint density at radius 2 is 0.667 bits per heavy atom. The van der Waals surface area contributed by atoms with E-state index in [1.807, 2.05) is 66.8 Å². The summed E-state index contributed by atoms with van der Waals surface area (Å²) in [6, 6.07) is 0. The van der Waals surface area contributed by atoms with Crippen LogP contribution in [0.3, 0.4) is 0 Å². The number of allylic oxidation sites excluding steroid dienone is 26. The van der Waals surface area contributed by atoms with Crippen molar-refractivity contribution in [3.63, 3.8) is 0 Å². The van der Waals surface area contributed by atoms with Crippen molar-refractivity contribution in [3.8, 4) is 0 Å². The van der Waals surface area contributed by atoms with E-state index in [2.05, 4.69) is 112 Å². The number of hydrogen-bond acceptors (Lipinski definition) is 6. The Hall–Kier alpha value is -4.97. The van der Waals surface area contributed by atoms with E-state index in [9.17, 15) is 14.4 Å². The zero-order valence-corrected chi connectivity index (χ0v) is 41.6. The minimum Gasteiger partial charge on any atom is -0.462 e. The molecule has 66 heavy (non-hydrogen) atoms. The molecular formula is C60H90O6. The van der Waals surface area contributed by atoms with Gasteiger partial charge >= 0.3 is 17.9 Å². The van der Waals surface area contributed by atoms with Gasteiger partial charge in [0.2, 0.25) is 0 Å². The van der Waals surface area contributed by atoms with E-state index in [-0.39, 0.29) is 38.0 Å². The minimum atomic E-state index is -0.856. The molecule has 366 valence electrons. The molecule has 0 radical (unpaired) electrons. The van der Waals surface area contributed by atoms with E-state index < -0.39 is 12.1 Å². The third-order valence-electron chi connectivity index (χ3n) is 9.90. The number of esters is 3. The molecule has 0 aliphatic carbocycles. The molecule has 0 aliphatic rings. The predicted molar refractivity (Wildman–Crippen MR) is 283 cm³/mol.